The fraction of sp³-hybridized carbons (Fsp3) is 0.400. The van der Waals surface area contributed by atoms with E-state index in [1.54, 1.807) is 40.0 Å². The number of carbonyl (C=O) groups is 2. The zero-order valence-electron chi connectivity index (χ0n) is 18.3. The van der Waals surface area contributed by atoms with Crippen LogP contribution in [0.15, 0.2) is 53.5 Å². The molecule has 1 N–H and O–H groups in total. The second-order valence-corrected chi connectivity index (χ2v) is 10.3. The Kier molecular flexibility index (Phi) is 7.71. The van der Waals surface area contributed by atoms with Gasteiger partial charge >= 0.3 is 0 Å². The quantitative estimate of drug-likeness (QED) is 0.491. The van der Waals surface area contributed by atoms with Gasteiger partial charge in [0.2, 0.25) is 11.8 Å². The van der Waals surface area contributed by atoms with Gasteiger partial charge in [0.1, 0.15) is 6.04 Å². The van der Waals surface area contributed by atoms with Crippen molar-refractivity contribution in [1.82, 2.24) is 15.2 Å². The van der Waals surface area contributed by atoms with Gasteiger partial charge in [-0.25, -0.2) is 0 Å². The van der Waals surface area contributed by atoms with Crippen molar-refractivity contribution in [3.8, 4) is 0 Å². The second-order valence-electron chi connectivity index (χ2n) is 8.35. The van der Waals surface area contributed by atoms with Crippen LogP contribution in [0.4, 0.5) is 0 Å². The van der Waals surface area contributed by atoms with Crippen molar-refractivity contribution in [2.24, 2.45) is 0 Å². The Balaban J connectivity index is 1.66. The van der Waals surface area contributed by atoms with E-state index < -0.39 is 6.04 Å². The minimum Gasteiger partial charge on any atom is -0.351 e. The molecule has 0 unspecified atom stereocenters. The lowest BCUT2D eigenvalue weighted by atomic mass is 9.95. The first-order chi connectivity index (χ1) is 15.6. The van der Waals surface area contributed by atoms with Gasteiger partial charge < -0.3 is 10.2 Å². The first-order valence-electron chi connectivity index (χ1n) is 11.2. The van der Waals surface area contributed by atoms with Crippen LogP contribution in [0.1, 0.15) is 59.0 Å². The number of carbonyl (C=O) groups excluding carboxylic acids is 2. The van der Waals surface area contributed by atoms with Crippen molar-refractivity contribution in [3.05, 3.63) is 74.4 Å². The maximum absolute atomic E-state index is 13.7. The molecular weight excluding hydrogens is 438 g/mol. The van der Waals surface area contributed by atoms with Gasteiger partial charge in [-0.1, -0.05) is 31.4 Å². The number of hydrogen-bond acceptors (Lipinski definition) is 5. The average molecular weight is 468 g/mol. The molecular formula is C25H29N3O2S2. The lowest BCUT2D eigenvalue weighted by molar-refractivity contribution is -0.141. The number of hydrogen-bond donors (Lipinski definition) is 1. The summed E-state index contributed by atoms with van der Waals surface area (Å²) in [7, 11) is 0. The van der Waals surface area contributed by atoms with Gasteiger partial charge in [0.05, 0.1) is 6.42 Å². The topological polar surface area (TPSA) is 62.3 Å². The minimum atomic E-state index is -0.649. The highest BCUT2D eigenvalue weighted by Crippen LogP contribution is 2.32. The Bertz CT molecular complexity index is 1010. The summed E-state index contributed by atoms with van der Waals surface area (Å²) < 4.78 is 0. The molecule has 1 aliphatic rings. The van der Waals surface area contributed by atoms with Gasteiger partial charge in [-0.3, -0.25) is 14.6 Å². The zero-order valence-corrected chi connectivity index (χ0v) is 20.0. The van der Waals surface area contributed by atoms with E-state index in [0.29, 0.717) is 6.54 Å². The van der Waals surface area contributed by atoms with E-state index in [0.717, 1.165) is 46.6 Å². The molecule has 0 bridgehead atoms. The molecule has 3 heterocycles. The molecule has 32 heavy (non-hydrogen) atoms. The standard InChI is InChI=1S/C25H29N3O2S2/c1-18-11-14-32-24(18)23(25(30)27-20-8-3-2-4-9-20)28(17-19-7-5-12-26-16-19)22(29)15-21-10-6-13-31-21/h5-7,10-14,16,20,23H,2-4,8-9,15,17H2,1H3,(H,27,30)/t23-/m0/s1. The monoisotopic (exact) mass is 467 g/mol. The van der Waals surface area contributed by atoms with Gasteiger partial charge in [-0.15, -0.1) is 22.7 Å². The number of amides is 2. The molecule has 2 amide bonds. The predicted octanol–water partition coefficient (Wildman–Crippen LogP) is 5.27. The average Bonchev–Trinajstić information content (AvgIpc) is 3.47. The highest BCUT2D eigenvalue weighted by molar-refractivity contribution is 7.10. The highest BCUT2D eigenvalue weighted by atomic mass is 32.1. The van der Waals surface area contributed by atoms with Crippen molar-refractivity contribution in [3.63, 3.8) is 0 Å². The first kappa shape index (κ1) is 22.7. The molecule has 4 rings (SSSR count). The van der Waals surface area contributed by atoms with E-state index in [-0.39, 0.29) is 24.3 Å². The van der Waals surface area contributed by atoms with E-state index in [1.807, 2.05) is 48.0 Å². The Morgan fingerprint density at radius 1 is 1.12 bits per heavy atom. The predicted molar refractivity (Wildman–Crippen MR) is 130 cm³/mol. The number of pyridine rings is 1. The number of nitrogens with zero attached hydrogens (tertiary/aromatic N) is 2. The van der Waals surface area contributed by atoms with Crippen LogP contribution < -0.4 is 5.32 Å². The maximum Gasteiger partial charge on any atom is 0.248 e. The van der Waals surface area contributed by atoms with Crippen molar-refractivity contribution < 1.29 is 9.59 Å². The smallest absolute Gasteiger partial charge is 0.248 e. The molecule has 0 aromatic carbocycles. The van der Waals surface area contributed by atoms with E-state index in [2.05, 4.69) is 10.3 Å². The van der Waals surface area contributed by atoms with Gasteiger partial charge in [0.15, 0.2) is 0 Å². The molecule has 1 fully saturated rings. The molecule has 5 nitrogen and oxygen atoms in total. The molecule has 1 atom stereocenters. The van der Waals surface area contributed by atoms with Gasteiger partial charge in [0.25, 0.3) is 0 Å². The summed E-state index contributed by atoms with van der Waals surface area (Å²) in [5, 5.41) is 7.25. The van der Waals surface area contributed by atoms with E-state index in [4.69, 9.17) is 0 Å². The molecule has 0 saturated heterocycles. The highest BCUT2D eigenvalue weighted by Gasteiger charge is 2.34. The second kappa shape index (κ2) is 10.9. The summed E-state index contributed by atoms with van der Waals surface area (Å²) >= 11 is 3.11. The largest absolute Gasteiger partial charge is 0.351 e. The third-order valence-electron chi connectivity index (χ3n) is 5.96. The van der Waals surface area contributed by atoms with Crippen LogP contribution in [-0.2, 0) is 22.6 Å². The van der Waals surface area contributed by atoms with Crippen molar-refractivity contribution in [2.75, 3.05) is 0 Å². The third kappa shape index (κ3) is 5.64. The lowest BCUT2D eigenvalue weighted by Crippen LogP contribution is -2.47. The Labute approximate surface area is 197 Å². The summed E-state index contributed by atoms with van der Waals surface area (Å²) in [6.07, 6.45) is 9.30. The Morgan fingerprint density at radius 3 is 2.62 bits per heavy atom. The molecule has 0 aliphatic heterocycles. The van der Waals surface area contributed by atoms with Crippen molar-refractivity contribution >= 4 is 34.5 Å². The number of thiophene rings is 2. The molecule has 3 aromatic rings. The van der Waals surface area contributed by atoms with Crippen LogP contribution in [0.5, 0.6) is 0 Å². The first-order valence-corrected chi connectivity index (χ1v) is 12.9. The summed E-state index contributed by atoms with van der Waals surface area (Å²) in [4.78, 5) is 35.2. The number of nitrogens with one attached hydrogen (secondary N) is 1. The maximum atomic E-state index is 13.7. The Hall–Kier alpha value is -2.51. The van der Waals surface area contributed by atoms with Crippen molar-refractivity contribution in [2.45, 2.75) is 64.1 Å². The van der Waals surface area contributed by atoms with Crippen LogP contribution in [0, 0.1) is 6.92 Å². The molecule has 168 valence electrons. The molecule has 0 radical (unpaired) electrons. The Morgan fingerprint density at radius 2 is 1.97 bits per heavy atom. The minimum absolute atomic E-state index is 0.0482. The molecule has 7 heteroatoms. The van der Waals surface area contributed by atoms with Crippen LogP contribution in [0.3, 0.4) is 0 Å². The summed E-state index contributed by atoms with van der Waals surface area (Å²) in [6, 6.07) is 9.30. The van der Waals surface area contributed by atoms with Gasteiger partial charge in [0, 0.05) is 34.7 Å². The number of aromatic nitrogens is 1. The van der Waals surface area contributed by atoms with E-state index in [1.165, 1.54) is 6.42 Å². The number of rotatable bonds is 8. The summed E-state index contributed by atoms with van der Waals surface area (Å²) in [5.41, 5.74) is 1.95. The van der Waals surface area contributed by atoms with Crippen LogP contribution >= 0.6 is 22.7 Å². The SMILES string of the molecule is Cc1ccsc1[C@@H](C(=O)NC1CCCCC1)N(Cc1cccnc1)C(=O)Cc1cccs1. The molecule has 1 aliphatic carbocycles. The van der Waals surface area contributed by atoms with Gasteiger partial charge in [-0.2, -0.15) is 0 Å². The fourth-order valence-electron chi connectivity index (χ4n) is 4.27. The summed E-state index contributed by atoms with van der Waals surface area (Å²) in [5.74, 6) is -0.126. The summed E-state index contributed by atoms with van der Waals surface area (Å²) in [6.45, 7) is 2.36. The van der Waals surface area contributed by atoms with Crippen molar-refractivity contribution in [1.29, 1.82) is 0 Å². The van der Waals surface area contributed by atoms with E-state index >= 15 is 0 Å². The molecule has 3 aromatic heterocycles. The number of aryl methyl sites for hydroxylation is 1. The zero-order chi connectivity index (χ0) is 22.3. The lowest BCUT2D eigenvalue weighted by Gasteiger charge is -2.33. The molecule has 0 spiro atoms. The van der Waals surface area contributed by atoms with Crippen LogP contribution in [0.2, 0.25) is 0 Å². The van der Waals surface area contributed by atoms with Gasteiger partial charge in [-0.05, 0) is 59.9 Å². The fourth-order valence-corrected chi connectivity index (χ4v) is 6.00. The van der Waals surface area contributed by atoms with Crippen LogP contribution in [-0.4, -0.2) is 27.7 Å². The normalized spacial score (nSPS) is 15.3. The van der Waals surface area contributed by atoms with Crippen LogP contribution in [0.25, 0.3) is 0 Å². The third-order valence-corrected chi connectivity index (χ3v) is 7.91. The van der Waals surface area contributed by atoms with E-state index in [9.17, 15) is 9.59 Å². The molecule has 1 saturated carbocycles.